The fraction of sp³-hybridized carbons (Fsp3) is 0.500. The van der Waals surface area contributed by atoms with Crippen molar-refractivity contribution in [3.8, 4) is 0 Å². The maximum Gasteiger partial charge on any atom is 0.417 e. The summed E-state index contributed by atoms with van der Waals surface area (Å²) in [5.74, 6) is -0.371. The Morgan fingerprint density at radius 2 is 2.29 bits per heavy atom. The number of alkyl halides is 3. The fourth-order valence-electron chi connectivity index (χ4n) is 1.93. The summed E-state index contributed by atoms with van der Waals surface area (Å²) in [6, 6.07) is 0.812. The number of nitrogens with zero attached hydrogens (tertiary/aromatic N) is 2. The van der Waals surface area contributed by atoms with Crippen LogP contribution < -0.4 is 4.90 Å². The minimum atomic E-state index is -4.51. The van der Waals surface area contributed by atoms with Crippen molar-refractivity contribution in [3.63, 3.8) is 0 Å². The van der Waals surface area contributed by atoms with Crippen LogP contribution >= 0.6 is 11.6 Å². The lowest BCUT2D eigenvalue weighted by Gasteiger charge is -2.32. The van der Waals surface area contributed by atoms with Crippen LogP contribution in [0.25, 0.3) is 0 Å². The number of rotatable bonds is 2. The number of pyridine rings is 1. The van der Waals surface area contributed by atoms with E-state index in [1.165, 1.54) is 7.11 Å². The van der Waals surface area contributed by atoms with E-state index < -0.39 is 23.8 Å². The number of morpholine rings is 1. The Bertz CT molecular complexity index is 539. The van der Waals surface area contributed by atoms with Gasteiger partial charge in [0.15, 0.2) is 6.10 Å². The largest absolute Gasteiger partial charge is 0.467 e. The van der Waals surface area contributed by atoms with Gasteiger partial charge in [-0.05, 0) is 6.07 Å². The molecule has 2 rings (SSSR count). The van der Waals surface area contributed by atoms with E-state index in [1.54, 1.807) is 4.90 Å². The van der Waals surface area contributed by atoms with Crippen LogP contribution in [0.2, 0.25) is 5.02 Å². The monoisotopic (exact) mass is 324 g/mol. The first-order chi connectivity index (χ1) is 9.82. The van der Waals surface area contributed by atoms with Crippen LogP contribution in [0.3, 0.4) is 0 Å². The normalized spacial score (nSPS) is 19.5. The van der Waals surface area contributed by atoms with Gasteiger partial charge >= 0.3 is 12.1 Å². The number of carbonyl (C=O) groups is 1. The van der Waals surface area contributed by atoms with E-state index in [1.807, 2.05) is 0 Å². The van der Waals surface area contributed by atoms with Crippen molar-refractivity contribution < 1.29 is 27.4 Å². The summed E-state index contributed by atoms with van der Waals surface area (Å²) in [6.45, 7) is 0.704. The average Bonchev–Trinajstić information content (AvgIpc) is 2.45. The molecule has 5 nitrogen and oxygen atoms in total. The summed E-state index contributed by atoms with van der Waals surface area (Å²) in [4.78, 5) is 16.8. The Labute approximate surface area is 123 Å². The molecule has 1 aliphatic heterocycles. The highest BCUT2D eigenvalue weighted by molar-refractivity contribution is 6.33. The fourth-order valence-corrected chi connectivity index (χ4v) is 2.22. The molecule has 1 aromatic heterocycles. The molecule has 1 atom stereocenters. The molecule has 1 unspecified atom stereocenters. The molecule has 0 saturated carbocycles. The van der Waals surface area contributed by atoms with Crippen LogP contribution in [-0.4, -0.2) is 43.9 Å². The van der Waals surface area contributed by atoms with Crippen LogP contribution in [0.5, 0.6) is 0 Å². The lowest BCUT2D eigenvalue weighted by Crippen LogP contribution is -2.47. The predicted octanol–water partition coefficient (Wildman–Crippen LogP) is 2.13. The van der Waals surface area contributed by atoms with Gasteiger partial charge in [0.25, 0.3) is 0 Å². The van der Waals surface area contributed by atoms with Gasteiger partial charge < -0.3 is 14.4 Å². The maximum atomic E-state index is 12.6. The SMILES string of the molecule is COC(=O)C1CN(c2ncc(C(F)(F)F)cc2Cl)CCO1. The number of anilines is 1. The van der Waals surface area contributed by atoms with Gasteiger partial charge in [0, 0.05) is 12.7 Å². The molecule has 9 heteroatoms. The number of carbonyl (C=O) groups excluding carboxylic acids is 1. The minimum Gasteiger partial charge on any atom is -0.467 e. The van der Waals surface area contributed by atoms with E-state index >= 15 is 0 Å². The van der Waals surface area contributed by atoms with Crippen molar-refractivity contribution >= 4 is 23.4 Å². The average molecular weight is 325 g/mol. The Morgan fingerprint density at radius 3 is 2.86 bits per heavy atom. The van der Waals surface area contributed by atoms with E-state index in [9.17, 15) is 18.0 Å². The van der Waals surface area contributed by atoms with Crippen molar-refractivity contribution in [1.29, 1.82) is 0 Å². The first-order valence-corrected chi connectivity index (χ1v) is 6.38. The van der Waals surface area contributed by atoms with Gasteiger partial charge in [0.2, 0.25) is 0 Å². The molecular weight excluding hydrogens is 313 g/mol. The second-order valence-electron chi connectivity index (χ2n) is 4.36. The standard InChI is InChI=1S/C12H12ClF3N2O3/c1-20-11(19)9-6-18(2-3-21-9)10-8(13)4-7(5-17-10)12(14,15)16/h4-5,9H,2-3,6H2,1H3. The van der Waals surface area contributed by atoms with Gasteiger partial charge in [-0.2, -0.15) is 13.2 Å². The molecule has 0 radical (unpaired) electrons. The summed E-state index contributed by atoms with van der Waals surface area (Å²) in [7, 11) is 1.23. The molecule has 0 N–H and O–H groups in total. The molecule has 1 aromatic rings. The third-order valence-electron chi connectivity index (χ3n) is 2.98. The summed E-state index contributed by atoms with van der Waals surface area (Å²) in [5.41, 5.74) is -0.922. The van der Waals surface area contributed by atoms with E-state index in [-0.39, 0.29) is 24.0 Å². The number of methoxy groups -OCH3 is 1. The quantitative estimate of drug-likeness (QED) is 0.780. The first-order valence-electron chi connectivity index (χ1n) is 6.00. The molecule has 21 heavy (non-hydrogen) atoms. The Morgan fingerprint density at radius 1 is 1.57 bits per heavy atom. The Kier molecular flexibility index (Phi) is 4.58. The predicted molar refractivity (Wildman–Crippen MR) is 68.2 cm³/mol. The van der Waals surface area contributed by atoms with Gasteiger partial charge in [-0.25, -0.2) is 9.78 Å². The second-order valence-corrected chi connectivity index (χ2v) is 4.76. The van der Waals surface area contributed by atoms with Gasteiger partial charge in [-0.15, -0.1) is 0 Å². The molecular formula is C12H12ClF3N2O3. The zero-order chi connectivity index (χ0) is 15.6. The number of aromatic nitrogens is 1. The molecule has 0 bridgehead atoms. The molecule has 1 aliphatic rings. The minimum absolute atomic E-state index is 0.116. The third-order valence-corrected chi connectivity index (χ3v) is 3.26. The van der Waals surface area contributed by atoms with Gasteiger partial charge in [0.05, 0.1) is 30.8 Å². The number of hydrogen-bond acceptors (Lipinski definition) is 5. The number of esters is 1. The Balaban J connectivity index is 2.20. The molecule has 2 heterocycles. The van der Waals surface area contributed by atoms with E-state index in [2.05, 4.69) is 9.72 Å². The van der Waals surface area contributed by atoms with Crippen LogP contribution in [0.15, 0.2) is 12.3 Å². The van der Waals surface area contributed by atoms with Gasteiger partial charge in [-0.3, -0.25) is 0 Å². The molecule has 1 saturated heterocycles. The highest BCUT2D eigenvalue weighted by Crippen LogP contribution is 2.33. The third kappa shape index (κ3) is 3.56. The first kappa shape index (κ1) is 15.8. The van der Waals surface area contributed by atoms with Crippen molar-refractivity contribution in [2.24, 2.45) is 0 Å². The van der Waals surface area contributed by atoms with Crippen LogP contribution in [-0.2, 0) is 20.4 Å². The van der Waals surface area contributed by atoms with Crippen molar-refractivity contribution in [2.45, 2.75) is 12.3 Å². The van der Waals surface area contributed by atoms with E-state index in [4.69, 9.17) is 16.3 Å². The Hall–Kier alpha value is -1.54. The molecule has 116 valence electrons. The lowest BCUT2D eigenvalue weighted by atomic mass is 10.2. The second kappa shape index (κ2) is 6.07. The van der Waals surface area contributed by atoms with E-state index in [0.29, 0.717) is 12.7 Å². The number of ether oxygens (including phenoxy) is 2. The topological polar surface area (TPSA) is 51.7 Å². The highest BCUT2D eigenvalue weighted by Gasteiger charge is 2.33. The molecule has 1 fully saturated rings. The van der Waals surface area contributed by atoms with E-state index in [0.717, 1.165) is 6.07 Å². The summed E-state index contributed by atoms with van der Waals surface area (Å²) < 4.78 is 47.5. The zero-order valence-electron chi connectivity index (χ0n) is 11.0. The van der Waals surface area contributed by atoms with Crippen molar-refractivity contribution in [2.75, 3.05) is 31.7 Å². The highest BCUT2D eigenvalue weighted by atomic mass is 35.5. The van der Waals surface area contributed by atoms with Gasteiger partial charge in [0.1, 0.15) is 5.82 Å². The van der Waals surface area contributed by atoms with Crippen molar-refractivity contribution in [3.05, 3.63) is 22.8 Å². The molecule has 0 aromatic carbocycles. The molecule has 0 spiro atoms. The lowest BCUT2D eigenvalue weighted by molar-refractivity contribution is -0.154. The maximum absolute atomic E-state index is 12.6. The van der Waals surface area contributed by atoms with Crippen LogP contribution in [0, 0.1) is 0 Å². The summed E-state index contributed by atoms with van der Waals surface area (Å²) in [6.07, 6.45) is -4.61. The van der Waals surface area contributed by atoms with Crippen LogP contribution in [0.4, 0.5) is 19.0 Å². The smallest absolute Gasteiger partial charge is 0.417 e. The van der Waals surface area contributed by atoms with Gasteiger partial charge in [-0.1, -0.05) is 11.6 Å². The zero-order valence-corrected chi connectivity index (χ0v) is 11.7. The summed E-state index contributed by atoms with van der Waals surface area (Å²) in [5, 5.41) is -0.129. The molecule has 0 aliphatic carbocycles. The van der Waals surface area contributed by atoms with Crippen LogP contribution in [0.1, 0.15) is 5.56 Å². The van der Waals surface area contributed by atoms with Crippen molar-refractivity contribution in [1.82, 2.24) is 4.98 Å². The number of hydrogen-bond donors (Lipinski definition) is 0. The summed E-state index contributed by atoms with van der Waals surface area (Å²) >= 11 is 5.87. The molecule has 0 amide bonds. The number of halogens is 4.